The van der Waals surface area contributed by atoms with E-state index in [1.165, 1.54) is 0 Å². The zero-order valence-electron chi connectivity index (χ0n) is 12.1. The Hall–Kier alpha value is -3.43. The number of nitrogens with zero attached hydrogens (tertiary/aromatic N) is 2. The van der Waals surface area contributed by atoms with Crippen LogP contribution in [0.15, 0.2) is 48.5 Å². The van der Waals surface area contributed by atoms with Gasteiger partial charge in [0.2, 0.25) is 0 Å². The summed E-state index contributed by atoms with van der Waals surface area (Å²) in [7, 11) is 0. The maximum absolute atomic E-state index is 13.0. The molecule has 0 N–H and O–H groups in total. The molecule has 23 heavy (non-hydrogen) atoms. The third-order valence-corrected chi connectivity index (χ3v) is 4.40. The van der Waals surface area contributed by atoms with Gasteiger partial charge in [-0.25, -0.2) is 0 Å². The van der Waals surface area contributed by atoms with Crippen LogP contribution in [-0.4, -0.2) is 5.78 Å². The Morgan fingerprint density at radius 2 is 1.48 bits per heavy atom. The van der Waals surface area contributed by atoms with E-state index >= 15 is 0 Å². The van der Waals surface area contributed by atoms with Gasteiger partial charge in [-0.2, -0.15) is 10.5 Å². The van der Waals surface area contributed by atoms with E-state index in [9.17, 15) is 15.3 Å². The zero-order chi connectivity index (χ0) is 16.0. The monoisotopic (exact) mass is 294 g/mol. The molecule has 0 saturated carbocycles. The molecule has 0 unspecified atom stereocenters. The summed E-state index contributed by atoms with van der Waals surface area (Å²) in [5.41, 5.74) is 3.50. The molecule has 0 atom stereocenters. The molecule has 3 aromatic carbocycles. The lowest BCUT2D eigenvalue weighted by Crippen LogP contribution is -2.17. The van der Waals surface area contributed by atoms with Gasteiger partial charge in [0.1, 0.15) is 12.1 Å². The van der Waals surface area contributed by atoms with Crippen molar-refractivity contribution in [3.05, 3.63) is 81.9 Å². The van der Waals surface area contributed by atoms with Crippen LogP contribution in [0.2, 0.25) is 0 Å². The van der Waals surface area contributed by atoms with Gasteiger partial charge in [-0.05, 0) is 16.5 Å². The predicted molar refractivity (Wildman–Crippen MR) is 86.1 cm³/mol. The van der Waals surface area contributed by atoms with E-state index in [4.69, 9.17) is 0 Å². The molecular weight excluding hydrogens is 284 g/mol. The average Bonchev–Trinajstić information content (AvgIpc) is 2.60. The molecule has 3 nitrogen and oxygen atoms in total. The van der Waals surface area contributed by atoms with Gasteiger partial charge in [-0.1, -0.05) is 48.5 Å². The van der Waals surface area contributed by atoms with Crippen molar-refractivity contribution in [2.24, 2.45) is 0 Å². The number of hydrogen-bond donors (Lipinski definition) is 0. The third-order valence-electron chi connectivity index (χ3n) is 4.40. The number of carbonyl (C=O) groups excluding carboxylic acids is 1. The van der Waals surface area contributed by atoms with Crippen molar-refractivity contribution in [1.82, 2.24) is 0 Å². The summed E-state index contributed by atoms with van der Waals surface area (Å²) in [6, 6.07) is 19.1. The molecule has 0 bridgehead atoms. The molecule has 0 saturated heterocycles. The third kappa shape index (κ3) is 1.71. The average molecular weight is 294 g/mol. The van der Waals surface area contributed by atoms with Gasteiger partial charge in [0, 0.05) is 22.9 Å². The normalized spacial score (nSPS) is 12.2. The van der Waals surface area contributed by atoms with Crippen molar-refractivity contribution in [3.63, 3.8) is 0 Å². The highest BCUT2D eigenvalue weighted by Crippen LogP contribution is 2.36. The van der Waals surface area contributed by atoms with Crippen LogP contribution in [0.5, 0.6) is 0 Å². The summed E-state index contributed by atoms with van der Waals surface area (Å²) in [5.74, 6) is -0.0703. The summed E-state index contributed by atoms with van der Waals surface area (Å²) in [6.07, 6.45) is 0.500. The minimum atomic E-state index is -0.0703. The Morgan fingerprint density at radius 3 is 2.22 bits per heavy atom. The minimum absolute atomic E-state index is 0.0703. The van der Waals surface area contributed by atoms with E-state index in [1.807, 2.05) is 42.5 Å². The predicted octanol–water partition coefficient (Wildman–Crippen LogP) is 3.72. The van der Waals surface area contributed by atoms with E-state index in [0.717, 1.165) is 10.9 Å². The van der Waals surface area contributed by atoms with Crippen molar-refractivity contribution in [2.75, 3.05) is 0 Å². The Morgan fingerprint density at radius 1 is 0.826 bits per heavy atom. The van der Waals surface area contributed by atoms with Crippen LogP contribution < -0.4 is 0 Å². The molecule has 1 aliphatic carbocycles. The van der Waals surface area contributed by atoms with E-state index in [-0.39, 0.29) is 5.78 Å². The van der Waals surface area contributed by atoms with Gasteiger partial charge in [-0.15, -0.1) is 0 Å². The van der Waals surface area contributed by atoms with Crippen LogP contribution in [-0.2, 0) is 6.42 Å². The van der Waals surface area contributed by atoms with Crippen LogP contribution in [0.3, 0.4) is 0 Å². The Labute approximate surface area is 133 Å². The molecule has 3 aromatic rings. The number of benzene rings is 3. The number of rotatable bonds is 0. The molecule has 0 aromatic heterocycles. The summed E-state index contributed by atoms with van der Waals surface area (Å²) in [4.78, 5) is 13.0. The molecule has 1 aliphatic rings. The Kier molecular flexibility index (Phi) is 2.76. The first-order valence-corrected chi connectivity index (χ1v) is 7.26. The summed E-state index contributed by atoms with van der Waals surface area (Å²) in [6.45, 7) is 0. The van der Waals surface area contributed by atoms with Gasteiger partial charge in [-0.3, -0.25) is 4.79 Å². The lowest BCUT2D eigenvalue weighted by Gasteiger charge is -2.22. The molecule has 0 heterocycles. The highest BCUT2D eigenvalue weighted by molar-refractivity contribution is 6.20. The summed E-state index contributed by atoms with van der Waals surface area (Å²) < 4.78 is 0. The largest absolute Gasteiger partial charge is 0.289 e. The van der Waals surface area contributed by atoms with Crippen molar-refractivity contribution in [2.45, 2.75) is 6.42 Å². The smallest absolute Gasteiger partial charge is 0.194 e. The quantitative estimate of drug-likeness (QED) is 0.496. The van der Waals surface area contributed by atoms with Gasteiger partial charge in [0.25, 0.3) is 0 Å². The van der Waals surface area contributed by atoms with Gasteiger partial charge in [0.15, 0.2) is 5.78 Å². The Bertz CT molecular complexity index is 1080. The Balaban J connectivity index is 2.20. The van der Waals surface area contributed by atoms with Gasteiger partial charge < -0.3 is 0 Å². The summed E-state index contributed by atoms with van der Waals surface area (Å²) in [5, 5.41) is 20.5. The van der Waals surface area contributed by atoms with Crippen molar-refractivity contribution in [3.8, 4) is 12.1 Å². The maximum atomic E-state index is 13.0. The second-order valence-electron chi connectivity index (χ2n) is 5.54. The molecule has 0 fully saturated rings. The van der Waals surface area contributed by atoms with Crippen LogP contribution in [0.4, 0.5) is 0 Å². The van der Waals surface area contributed by atoms with Gasteiger partial charge in [0.05, 0.1) is 11.1 Å². The SMILES string of the molecule is N#Cc1c2c(c3ccccc3c1C#N)C(=O)c1ccccc1C2. The fraction of sp³-hybridized carbons (Fsp3) is 0.0500. The van der Waals surface area contributed by atoms with Crippen molar-refractivity contribution < 1.29 is 4.79 Å². The highest BCUT2D eigenvalue weighted by Gasteiger charge is 2.29. The van der Waals surface area contributed by atoms with E-state index in [0.29, 0.717) is 39.6 Å². The molecule has 0 aliphatic heterocycles. The van der Waals surface area contributed by atoms with Gasteiger partial charge >= 0.3 is 0 Å². The van der Waals surface area contributed by atoms with E-state index in [2.05, 4.69) is 12.1 Å². The number of fused-ring (bicyclic) bond motifs is 4. The second kappa shape index (κ2) is 4.80. The first-order valence-electron chi connectivity index (χ1n) is 7.26. The van der Waals surface area contributed by atoms with E-state index < -0.39 is 0 Å². The van der Waals surface area contributed by atoms with Crippen LogP contribution in [0.1, 0.15) is 38.2 Å². The van der Waals surface area contributed by atoms with Crippen LogP contribution in [0.25, 0.3) is 10.8 Å². The first-order chi connectivity index (χ1) is 11.3. The fourth-order valence-corrected chi connectivity index (χ4v) is 3.39. The molecule has 106 valence electrons. The molecule has 0 spiro atoms. The molecule has 0 radical (unpaired) electrons. The lowest BCUT2D eigenvalue weighted by molar-refractivity contribution is 0.103. The number of hydrogen-bond acceptors (Lipinski definition) is 3. The number of ketones is 1. The number of nitriles is 2. The molecule has 3 heteroatoms. The fourth-order valence-electron chi connectivity index (χ4n) is 3.39. The van der Waals surface area contributed by atoms with Crippen molar-refractivity contribution >= 4 is 16.6 Å². The minimum Gasteiger partial charge on any atom is -0.289 e. The summed E-state index contributed by atoms with van der Waals surface area (Å²) >= 11 is 0. The van der Waals surface area contributed by atoms with Crippen LogP contribution in [0, 0.1) is 22.7 Å². The molecule has 0 amide bonds. The standard InChI is InChI=1S/C20H10N2O/c21-10-17-14-7-3-4-8-15(14)19-16(18(17)11-22)9-12-5-1-2-6-13(12)20(19)23/h1-8H,9H2. The van der Waals surface area contributed by atoms with Crippen molar-refractivity contribution in [1.29, 1.82) is 10.5 Å². The molecular formula is C20H10N2O. The molecule has 4 rings (SSSR count). The maximum Gasteiger partial charge on any atom is 0.194 e. The van der Waals surface area contributed by atoms with E-state index in [1.54, 1.807) is 6.07 Å². The lowest BCUT2D eigenvalue weighted by atomic mass is 9.78. The zero-order valence-corrected chi connectivity index (χ0v) is 12.1. The number of carbonyl (C=O) groups is 1. The van der Waals surface area contributed by atoms with Crippen LogP contribution >= 0.6 is 0 Å². The second-order valence-corrected chi connectivity index (χ2v) is 5.54. The highest BCUT2D eigenvalue weighted by atomic mass is 16.1. The first kappa shape index (κ1) is 13.2. The topological polar surface area (TPSA) is 64.7 Å².